The van der Waals surface area contributed by atoms with Crippen molar-refractivity contribution in [3.63, 3.8) is 0 Å². The first kappa shape index (κ1) is 20.3. The van der Waals surface area contributed by atoms with Crippen LogP contribution in [-0.4, -0.2) is 55.8 Å². The van der Waals surface area contributed by atoms with E-state index in [1.807, 2.05) is 0 Å². The summed E-state index contributed by atoms with van der Waals surface area (Å²) in [6.07, 6.45) is 2.03. The highest BCUT2D eigenvalue weighted by Gasteiger charge is 2.35. The van der Waals surface area contributed by atoms with Gasteiger partial charge in [-0.3, -0.25) is 4.79 Å². The molecule has 6 rings (SSSR count). The molecule has 0 saturated carbocycles. The van der Waals surface area contributed by atoms with Gasteiger partial charge in [-0.15, -0.1) is 0 Å². The molecule has 164 valence electrons. The Morgan fingerprint density at radius 1 is 1.16 bits per heavy atom. The van der Waals surface area contributed by atoms with Crippen LogP contribution < -0.4 is 14.8 Å². The molecule has 1 N–H and O–H groups in total. The average Bonchev–Trinajstić information content (AvgIpc) is 2.81. The fourth-order valence-corrected chi connectivity index (χ4v) is 4.63. The van der Waals surface area contributed by atoms with Crippen LogP contribution in [0.15, 0.2) is 42.5 Å². The lowest BCUT2D eigenvalue weighted by atomic mass is 9.84. The lowest BCUT2D eigenvalue weighted by Gasteiger charge is -2.44. The minimum atomic E-state index is -0.286. The number of rotatable bonds is 6. The van der Waals surface area contributed by atoms with Gasteiger partial charge in [0, 0.05) is 23.7 Å². The van der Waals surface area contributed by atoms with E-state index in [0.29, 0.717) is 35.2 Å². The van der Waals surface area contributed by atoms with Crippen LogP contribution in [0.1, 0.15) is 28.8 Å². The van der Waals surface area contributed by atoms with Crippen LogP contribution in [0, 0.1) is 11.7 Å². The van der Waals surface area contributed by atoms with Gasteiger partial charge < -0.3 is 24.4 Å². The van der Waals surface area contributed by atoms with Gasteiger partial charge in [-0.25, -0.2) is 4.39 Å². The van der Waals surface area contributed by atoms with Gasteiger partial charge in [-0.2, -0.15) is 0 Å². The number of hydrogen-bond acceptors (Lipinski definition) is 5. The van der Waals surface area contributed by atoms with E-state index in [9.17, 15) is 9.18 Å². The fraction of sp³-hybridized carbons (Fsp3) is 0.458. The van der Waals surface area contributed by atoms with Crippen molar-refractivity contribution < 1.29 is 23.4 Å². The SMILES string of the molecule is O=C(N[C@H]1CN2CCC1CC2)c1ccc2c(c1)OC[C@@H](COCc1ccccc1F)O2. The highest BCUT2D eigenvalue weighted by molar-refractivity contribution is 5.95. The number of piperidine rings is 3. The number of hydrogen-bond donors (Lipinski definition) is 1. The Labute approximate surface area is 181 Å². The van der Waals surface area contributed by atoms with Crippen molar-refractivity contribution in [2.45, 2.75) is 31.6 Å². The number of nitrogens with one attached hydrogen (secondary N) is 1. The highest BCUT2D eigenvalue weighted by atomic mass is 19.1. The van der Waals surface area contributed by atoms with E-state index in [2.05, 4.69) is 10.2 Å². The van der Waals surface area contributed by atoms with Crippen molar-refractivity contribution >= 4 is 5.91 Å². The zero-order valence-electron chi connectivity index (χ0n) is 17.4. The summed E-state index contributed by atoms with van der Waals surface area (Å²) in [5.41, 5.74) is 1.09. The molecule has 1 amide bonds. The van der Waals surface area contributed by atoms with Gasteiger partial charge >= 0.3 is 0 Å². The van der Waals surface area contributed by atoms with Crippen molar-refractivity contribution in [3.8, 4) is 11.5 Å². The van der Waals surface area contributed by atoms with Gasteiger partial charge in [0.15, 0.2) is 17.6 Å². The molecule has 0 radical (unpaired) electrons. The summed E-state index contributed by atoms with van der Waals surface area (Å²) in [7, 11) is 0. The van der Waals surface area contributed by atoms with Crippen molar-refractivity contribution in [3.05, 3.63) is 59.4 Å². The summed E-state index contributed by atoms with van der Waals surface area (Å²) in [4.78, 5) is 15.2. The molecule has 0 aromatic heterocycles. The second kappa shape index (κ2) is 8.85. The quantitative estimate of drug-likeness (QED) is 0.770. The Morgan fingerprint density at radius 2 is 2.00 bits per heavy atom. The Bertz CT molecular complexity index is 945. The Morgan fingerprint density at radius 3 is 2.77 bits per heavy atom. The number of fused-ring (bicyclic) bond motifs is 4. The van der Waals surface area contributed by atoms with Crippen LogP contribution in [0.4, 0.5) is 4.39 Å². The summed E-state index contributed by atoms with van der Waals surface area (Å²) in [6, 6.07) is 12.0. The molecule has 2 atom stereocenters. The topological polar surface area (TPSA) is 60.0 Å². The standard InChI is InChI=1S/C24H27FN2O4/c25-20-4-2-1-3-18(20)13-29-14-19-15-30-23-11-17(5-6-22(23)31-19)24(28)26-21-12-27-9-7-16(21)8-10-27/h1-6,11,16,19,21H,7-10,12-15H2,(H,26,28)/t19-,21+/m1/s1. The Kier molecular flexibility index (Phi) is 5.78. The van der Waals surface area contributed by atoms with Crippen LogP contribution in [0.5, 0.6) is 11.5 Å². The molecule has 31 heavy (non-hydrogen) atoms. The van der Waals surface area contributed by atoms with E-state index in [1.54, 1.807) is 36.4 Å². The van der Waals surface area contributed by atoms with E-state index in [0.717, 1.165) is 32.5 Å². The molecule has 0 aliphatic carbocycles. The number of carbonyl (C=O) groups is 1. The van der Waals surface area contributed by atoms with Crippen LogP contribution in [0.3, 0.4) is 0 Å². The second-order valence-corrected chi connectivity index (χ2v) is 8.54. The largest absolute Gasteiger partial charge is 0.486 e. The van der Waals surface area contributed by atoms with Crippen molar-refractivity contribution in [1.29, 1.82) is 0 Å². The van der Waals surface area contributed by atoms with E-state index in [-0.39, 0.29) is 37.1 Å². The van der Waals surface area contributed by atoms with Crippen LogP contribution >= 0.6 is 0 Å². The minimum Gasteiger partial charge on any atom is -0.486 e. The van der Waals surface area contributed by atoms with Crippen LogP contribution in [-0.2, 0) is 11.3 Å². The molecular formula is C24H27FN2O4. The molecule has 4 aliphatic heterocycles. The lowest BCUT2D eigenvalue weighted by Crippen LogP contribution is -2.57. The van der Waals surface area contributed by atoms with Gasteiger partial charge in [0.25, 0.3) is 5.91 Å². The minimum absolute atomic E-state index is 0.0690. The van der Waals surface area contributed by atoms with Crippen molar-refractivity contribution in [2.24, 2.45) is 5.92 Å². The summed E-state index contributed by atoms with van der Waals surface area (Å²) >= 11 is 0. The Balaban J connectivity index is 1.15. The van der Waals surface area contributed by atoms with Gasteiger partial charge in [0.05, 0.1) is 13.2 Å². The summed E-state index contributed by atoms with van der Waals surface area (Å²) in [6.45, 7) is 4.01. The maximum atomic E-state index is 13.7. The maximum absolute atomic E-state index is 13.7. The predicted octanol–water partition coefficient (Wildman–Crippen LogP) is 3.01. The van der Waals surface area contributed by atoms with Crippen molar-refractivity contribution in [2.75, 3.05) is 32.8 Å². The molecule has 0 unspecified atom stereocenters. The first-order valence-corrected chi connectivity index (χ1v) is 10.9. The number of halogens is 1. The zero-order valence-corrected chi connectivity index (χ0v) is 17.4. The highest BCUT2D eigenvalue weighted by Crippen LogP contribution is 2.33. The lowest BCUT2D eigenvalue weighted by molar-refractivity contribution is 0.00201. The van der Waals surface area contributed by atoms with E-state index >= 15 is 0 Å². The summed E-state index contributed by atoms with van der Waals surface area (Å²) < 4.78 is 31.1. The molecule has 2 aromatic carbocycles. The van der Waals surface area contributed by atoms with E-state index in [1.165, 1.54) is 6.07 Å². The molecule has 3 saturated heterocycles. The molecule has 2 bridgehead atoms. The number of nitrogens with zero attached hydrogens (tertiary/aromatic N) is 1. The number of carbonyl (C=O) groups excluding carboxylic acids is 1. The molecule has 0 spiro atoms. The van der Waals surface area contributed by atoms with E-state index < -0.39 is 0 Å². The third-order valence-electron chi connectivity index (χ3n) is 6.42. The molecule has 6 nitrogen and oxygen atoms in total. The number of ether oxygens (including phenoxy) is 3. The summed E-state index contributed by atoms with van der Waals surface area (Å²) in [5.74, 6) is 1.38. The zero-order chi connectivity index (χ0) is 21.2. The smallest absolute Gasteiger partial charge is 0.251 e. The summed E-state index contributed by atoms with van der Waals surface area (Å²) in [5, 5.41) is 3.20. The number of amides is 1. The van der Waals surface area contributed by atoms with Gasteiger partial charge in [-0.1, -0.05) is 18.2 Å². The van der Waals surface area contributed by atoms with Gasteiger partial charge in [-0.05, 0) is 56.1 Å². The monoisotopic (exact) mass is 426 g/mol. The molecule has 4 aliphatic rings. The van der Waals surface area contributed by atoms with Gasteiger partial charge in [0.1, 0.15) is 12.4 Å². The first-order chi connectivity index (χ1) is 15.2. The fourth-order valence-electron chi connectivity index (χ4n) is 4.63. The van der Waals surface area contributed by atoms with Crippen molar-refractivity contribution in [1.82, 2.24) is 10.2 Å². The van der Waals surface area contributed by atoms with Crippen LogP contribution in [0.2, 0.25) is 0 Å². The average molecular weight is 426 g/mol. The second-order valence-electron chi connectivity index (χ2n) is 8.54. The third kappa shape index (κ3) is 4.52. The Hall–Kier alpha value is -2.64. The predicted molar refractivity (Wildman–Crippen MR) is 113 cm³/mol. The maximum Gasteiger partial charge on any atom is 0.251 e. The third-order valence-corrected chi connectivity index (χ3v) is 6.42. The molecule has 4 heterocycles. The van der Waals surface area contributed by atoms with Crippen LogP contribution in [0.25, 0.3) is 0 Å². The number of benzene rings is 2. The molecule has 3 fully saturated rings. The van der Waals surface area contributed by atoms with E-state index in [4.69, 9.17) is 14.2 Å². The molecule has 2 aromatic rings. The first-order valence-electron chi connectivity index (χ1n) is 10.9. The molecule has 7 heteroatoms. The van der Waals surface area contributed by atoms with Gasteiger partial charge in [0.2, 0.25) is 0 Å². The molecular weight excluding hydrogens is 399 g/mol. The normalized spacial score (nSPS) is 26.5.